The molecule has 1 aromatic heterocycles. The van der Waals surface area contributed by atoms with Gasteiger partial charge in [-0.05, 0) is 52.5 Å². The Morgan fingerprint density at radius 1 is 1.27 bits per heavy atom. The zero-order chi connectivity index (χ0) is 16.5. The monoisotopic (exact) mass is 309 g/mol. The quantitative estimate of drug-likeness (QED) is 0.812. The molecule has 124 valence electrons. The van der Waals surface area contributed by atoms with Crippen molar-refractivity contribution in [3.8, 4) is 0 Å². The molecule has 1 saturated heterocycles. The van der Waals surface area contributed by atoms with E-state index in [1.165, 1.54) is 12.8 Å². The van der Waals surface area contributed by atoms with E-state index in [1.54, 1.807) is 34.0 Å². The molecule has 2 N–H and O–H groups in total. The average Bonchev–Trinajstić information content (AvgIpc) is 2.87. The molecular weight excluding hydrogens is 281 g/mol. The van der Waals surface area contributed by atoms with Crippen LogP contribution in [0.5, 0.6) is 0 Å². The molecule has 0 bridgehead atoms. The van der Waals surface area contributed by atoms with E-state index in [2.05, 4.69) is 11.8 Å². The number of aliphatic hydroxyl groups is 1. The van der Waals surface area contributed by atoms with Crippen LogP contribution in [0.15, 0.2) is 16.7 Å². The second-order valence-corrected chi connectivity index (χ2v) is 7.42. The lowest BCUT2D eigenvalue weighted by Gasteiger charge is -2.38. The van der Waals surface area contributed by atoms with E-state index < -0.39 is 18.3 Å². The van der Waals surface area contributed by atoms with Crippen molar-refractivity contribution in [1.29, 1.82) is 0 Å². The fourth-order valence-electron chi connectivity index (χ4n) is 2.39. The molecule has 1 aromatic rings. The summed E-state index contributed by atoms with van der Waals surface area (Å²) < 4.78 is 11.1. The third kappa shape index (κ3) is 3.86. The Hall–Kier alpha value is -0.975. The molecule has 0 spiro atoms. The Labute approximate surface area is 133 Å². The van der Waals surface area contributed by atoms with Gasteiger partial charge in [0.05, 0.1) is 16.9 Å². The van der Waals surface area contributed by atoms with Crippen molar-refractivity contribution in [2.24, 2.45) is 5.92 Å². The first kappa shape index (κ1) is 17.4. The van der Waals surface area contributed by atoms with Crippen molar-refractivity contribution >= 4 is 18.5 Å². The Morgan fingerprint density at radius 2 is 1.86 bits per heavy atom. The summed E-state index contributed by atoms with van der Waals surface area (Å²) in [6, 6.07) is 1.82. The second kappa shape index (κ2) is 6.26. The maximum atomic E-state index is 10.2. The van der Waals surface area contributed by atoms with Gasteiger partial charge in [-0.1, -0.05) is 6.92 Å². The fourth-order valence-corrected chi connectivity index (χ4v) is 2.39. The van der Waals surface area contributed by atoms with Crippen LogP contribution >= 0.6 is 0 Å². The molecule has 0 atom stereocenters. The maximum absolute atomic E-state index is 10.2. The first-order valence-electron chi connectivity index (χ1n) is 8.02. The van der Waals surface area contributed by atoms with Crippen molar-refractivity contribution in [3.05, 3.63) is 12.3 Å². The highest BCUT2D eigenvalue weighted by Crippen LogP contribution is 2.26. The maximum Gasteiger partial charge on any atom is 0.529 e. The van der Waals surface area contributed by atoms with Gasteiger partial charge in [0.15, 0.2) is 0 Å². The number of anilines is 1. The lowest BCUT2D eigenvalue weighted by Crippen LogP contribution is -2.53. The van der Waals surface area contributed by atoms with Crippen LogP contribution < -0.4 is 10.6 Å². The Morgan fingerprint density at radius 3 is 2.41 bits per heavy atom. The van der Waals surface area contributed by atoms with E-state index in [1.807, 2.05) is 6.07 Å². The van der Waals surface area contributed by atoms with Crippen LogP contribution in [-0.2, 0) is 4.65 Å². The van der Waals surface area contributed by atoms with Crippen molar-refractivity contribution in [2.75, 3.05) is 18.0 Å². The minimum atomic E-state index is -1.20. The number of furan rings is 1. The Balaban J connectivity index is 2.02. The minimum Gasteiger partial charge on any atom is -0.471 e. The molecule has 22 heavy (non-hydrogen) atoms. The number of hydrogen-bond acceptors (Lipinski definition) is 5. The molecule has 0 aliphatic carbocycles. The molecule has 1 aliphatic rings. The molecular formula is C16H28BNO4. The van der Waals surface area contributed by atoms with Gasteiger partial charge in [0.25, 0.3) is 0 Å². The number of nitrogens with zero attached hydrogens (tertiary/aromatic N) is 1. The lowest BCUT2D eigenvalue weighted by atomic mass is 9.81. The summed E-state index contributed by atoms with van der Waals surface area (Å²) in [5.41, 5.74) is -0.636. The molecule has 1 fully saturated rings. The van der Waals surface area contributed by atoms with Crippen LogP contribution in [0.1, 0.15) is 47.5 Å². The average molecular weight is 309 g/mol. The predicted molar refractivity (Wildman–Crippen MR) is 88.4 cm³/mol. The predicted octanol–water partition coefficient (Wildman–Crippen LogP) is 1.77. The van der Waals surface area contributed by atoms with E-state index >= 15 is 0 Å². The molecule has 0 radical (unpaired) electrons. The van der Waals surface area contributed by atoms with Gasteiger partial charge in [0, 0.05) is 13.1 Å². The van der Waals surface area contributed by atoms with E-state index in [0.717, 1.165) is 24.7 Å². The van der Waals surface area contributed by atoms with Crippen molar-refractivity contribution in [3.63, 3.8) is 0 Å². The summed E-state index contributed by atoms with van der Waals surface area (Å²) in [5, 5.41) is 20.3. The smallest absolute Gasteiger partial charge is 0.471 e. The minimum absolute atomic E-state index is 0.367. The molecule has 2 heterocycles. The highest BCUT2D eigenvalue weighted by molar-refractivity contribution is 6.58. The molecule has 2 rings (SSSR count). The lowest BCUT2D eigenvalue weighted by molar-refractivity contribution is -0.0986. The summed E-state index contributed by atoms with van der Waals surface area (Å²) in [5.74, 6) is 0.768. The highest BCUT2D eigenvalue weighted by Gasteiger charge is 2.40. The van der Waals surface area contributed by atoms with Crippen LogP contribution in [0.25, 0.3) is 0 Å². The van der Waals surface area contributed by atoms with Gasteiger partial charge in [0.2, 0.25) is 0 Å². The molecule has 1 aliphatic heterocycles. The largest absolute Gasteiger partial charge is 0.529 e. The third-order valence-electron chi connectivity index (χ3n) is 4.88. The first-order valence-corrected chi connectivity index (χ1v) is 8.02. The van der Waals surface area contributed by atoms with Crippen LogP contribution in [0.3, 0.4) is 0 Å². The fraction of sp³-hybridized carbons (Fsp3) is 0.750. The van der Waals surface area contributed by atoms with Crippen molar-refractivity contribution in [2.45, 2.75) is 58.7 Å². The summed E-state index contributed by atoms with van der Waals surface area (Å²) in [7, 11) is -1.20. The number of hydrogen-bond donors (Lipinski definition) is 2. The highest BCUT2D eigenvalue weighted by atomic mass is 16.6. The third-order valence-corrected chi connectivity index (χ3v) is 4.88. The first-order chi connectivity index (χ1) is 10.1. The number of rotatable bonds is 5. The van der Waals surface area contributed by atoms with E-state index in [-0.39, 0.29) is 0 Å². The van der Waals surface area contributed by atoms with Crippen LogP contribution in [-0.4, -0.2) is 41.5 Å². The SMILES string of the molecule is CC1CCN(c2coc(B(O)OC(C)(C)C(C)(C)O)c2)CC1. The van der Waals surface area contributed by atoms with E-state index in [0.29, 0.717) is 5.66 Å². The zero-order valence-electron chi connectivity index (χ0n) is 14.3. The standard InChI is InChI=1S/C16H28BNO4/c1-12-6-8-18(9-7-12)13-10-14(21-11-13)17(20)22-16(4,5)15(2,3)19/h10-12,19-20H,6-9H2,1-5H3. The van der Waals surface area contributed by atoms with Crippen LogP contribution in [0, 0.1) is 5.92 Å². The number of piperidine rings is 1. The molecule has 0 amide bonds. The van der Waals surface area contributed by atoms with Crippen LogP contribution in [0.4, 0.5) is 5.69 Å². The molecule has 0 unspecified atom stereocenters. The van der Waals surface area contributed by atoms with E-state index in [4.69, 9.17) is 9.07 Å². The molecule has 0 saturated carbocycles. The van der Waals surface area contributed by atoms with Gasteiger partial charge in [-0.25, -0.2) is 0 Å². The van der Waals surface area contributed by atoms with Crippen molar-refractivity contribution < 1.29 is 19.2 Å². The zero-order valence-corrected chi connectivity index (χ0v) is 14.3. The van der Waals surface area contributed by atoms with Gasteiger partial charge in [-0.3, -0.25) is 0 Å². The van der Waals surface area contributed by atoms with Crippen molar-refractivity contribution in [1.82, 2.24) is 0 Å². The second-order valence-electron chi connectivity index (χ2n) is 7.42. The topological polar surface area (TPSA) is 66.1 Å². The van der Waals surface area contributed by atoms with Gasteiger partial charge < -0.3 is 24.1 Å². The summed E-state index contributed by atoms with van der Waals surface area (Å²) >= 11 is 0. The van der Waals surface area contributed by atoms with Gasteiger partial charge in [-0.15, -0.1) is 0 Å². The van der Waals surface area contributed by atoms with E-state index in [9.17, 15) is 10.1 Å². The summed E-state index contributed by atoms with van der Waals surface area (Å²) in [6.45, 7) is 11.1. The van der Waals surface area contributed by atoms with Gasteiger partial charge >= 0.3 is 7.12 Å². The Kier molecular flexibility index (Phi) is 4.95. The van der Waals surface area contributed by atoms with Gasteiger partial charge in [0.1, 0.15) is 11.9 Å². The summed E-state index contributed by atoms with van der Waals surface area (Å²) in [6.07, 6.45) is 4.01. The van der Waals surface area contributed by atoms with Crippen LogP contribution in [0.2, 0.25) is 0 Å². The Bertz CT molecular complexity index is 487. The summed E-state index contributed by atoms with van der Waals surface area (Å²) in [4.78, 5) is 2.26. The molecule has 6 heteroatoms. The van der Waals surface area contributed by atoms with Gasteiger partial charge in [-0.2, -0.15) is 0 Å². The normalized spacial score (nSPS) is 17.9. The molecule has 5 nitrogen and oxygen atoms in total. The molecule has 0 aromatic carbocycles.